The molecule has 0 spiro atoms. The highest BCUT2D eigenvalue weighted by Crippen LogP contribution is 2.37. The van der Waals surface area contributed by atoms with E-state index in [9.17, 15) is 19.5 Å². The maximum atomic E-state index is 13.9. The number of aliphatic carboxylic acids is 1. The van der Waals surface area contributed by atoms with Gasteiger partial charge in [-0.2, -0.15) is 0 Å². The second kappa shape index (κ2) is 11.2. The SMILES string of the molecule is CCCN1CC(=O)N2[C@@H](CCC(=O)O)C(=O)N(Cc3cccc4c3N=CC4C)C[C@@H]2N1CC1=CCCC=C1. The van der Waals surface area contributed by atoms with Crippen molar-refractivity contribution in [3.8, 4) is 0 Å². The molecule has 3 aliphatic heterocycles. The minimum absolute atomic E-state index is 0.0964. The molecule has 1 aromatic carbocycles. The molecule has 38 heavy (non-hydrogen) atoms. The Morgan fingerprint density at radius 3 is 2.76 bits per heavy atom. The predicted molar refractivity (Wildman–Crippen MR) is 145 cm³/mol. The number of amides is 2. The van der Waals surface area contributed by atoms with Crippen LogP contribution in [0.2, 0.25) is 0 Å². The summed E-state index contributed by atoms with van der Waals surface area (Å²) in [5.74, 6) is -1.05. The van der Waals surface area contributed by atoms with Crippen LogP contribution in [0.15, 0.2) is 47.0 Å². The number of benzene rings is 1. The molecule has 0 bridgehead atoms. The summed E-state index contributed by atoms with van der Waals surface area (Å²) >= 11 is 0. The van der Waals surface area contributed by atoms with E-state index >= 15 is 0 Å². The molecule has 0 radical (unpaired) electrons. The van der Waals surface area contributed by atoms with Crippen molar-refractivity contribution in [1.82, 2.24) is 19.8 Å². The van der Waals surface area contributed by atoms with Gasteiger partial charge in [-0.1, -0.05) is 50.3 Å². The van der Waals surface area contributed by atoms with E-state index in [2.05, 4.69) is 53.2 Å². The fraction of sp³-hybridized carbons (Fsp3) is 0.517. The van der Waals surface area contributed by atoms with E-state index in [4.69, 9.17) is 0 Å². The van der Waals surface area contributed by atoms with Crippen LogP contribution >= 0.6 is 0 Å². The second-order valence-electron chi connectivity index (χ2n) is 10.6. The monoisotopic (exact) mass is 519 g/mol. The zero-order chi connectivity index (χ0) is 26.8. The van der Waals surface area contributed by atoms with Gasteiger partial charge < -0.3 is 14.9 Å². The van der Waals surface area contributed by atoms with Gasteiger partial charge in [0.25, 0.3) is 0 Å². The third-order valence-corrected chi connectivity index (χ3v) is 7.91. The van der Waals surface area contributed by atoms with E-state index in [0.29, 0.717) is 19.6 Å². The molecule has 3 heterocycles. The smallest absolute Gasteiger partial charge is 0.303 e. The first-order chi connectivity index (χ1) is 18.4. The normalized spacial score (nSPS) is 25.5. The molecule has 1 aliphatic carbocycles. The number of carboxylic acids is 1. The van der Waals surface area contributed by atoms with E-state index in [1.54, 1.807) is 4.90 Å². The van der Waals surface area contributed by atoms with E-state index in [-0.39, 0.29) is 43.3 Å². The van der Waals surface area contributed by atoms with Crippen molar-refractivity contribution in [2.45, 2.75) is 70.6 Å². The van der Waals surface area contributed by atoms with Crippen LogP contribution in [0.25, 0.3) is 0 Å². The summed E-state index contributed by atoms with van der Waals surface area (Å²) in [4.78, 5) is 47.0. The number of aliphatic imine (C=N–C) groups is 1. The zero-order valence-electron chi connectivity index (χ0n) is 22.3. The number of fused-ring (bicyclic) bond motifs is 2. The van der Waals surface area contributed by atoms with Crippen LogP contribution in [0.1, 0.15) is 63.0 Å². The number of carbonyl (C=O) groups excluding carboxylic acids is 2. The third kappa shape index (κ3) is 5.17. The Morgan fingerprint density at radius 1 is 1.18 bits per heavy atom. The Balaban J connectivity index is 1.49. The van der Waals surface area contributed by atoms with Crippen LogP contribution in [-0.2, 0) is 20.9 Å². The zero-order valence-corrected chi connectivity index (χ0v) is 22.3. The Kier molecular flexibility index (Phi) is 7.76. The van der Waals surface area contributed by atoms with Gasteiger partial charge in [0.15, 0.2) is 0 Å². The number of hydrazine groups is 1. The van der Waals surface area contributed by atoms with Gasteiger partial charge in [-0.05, 0) is 42.4 Å². The van der Waals surface area contributed by atoms with E-state index < -0.39 is 12.0 Å². The third-order valence-electron chi connectivity index (χ3n) is 7.91. The fourth-order valence-corrected chi connectivity index (χ4v) is 6.05. The van der Waals surface area contributed by atoms with Crippen molar-refractivity contribution in [3.63, 3.8) is 0 Å². The van der Waals surface area contributed by atoms with Crippen LogP contribution in [0.4, 0.5) is 5.69 Å². The van der Waals surface area contributed by atoms with E-state index in [0.717, 1.165) is 42.6 Å². The minimum atomic E-state index is -0.970. The Labute approximate surface area is 224 Å². The van der Waals surface area contributed by atoms with Gasteiger partial charge >= 0.3 is 5.97 Å². The number of allylic oxidation sites excluding steroid dienone is 2. The first-order valence-electron chi connectivity index (χ1n) is 13.7. The molecule has 4 aliphatic rings. The first-order valence-corrected chi connectivity index (χ1v) is 13.7. The molecule has 1 unspecified atom stereocenters. The lowest BCUT2D eigenvalue weighted by atomic mass is 9.98. The molecule has 1 N–H and O–H groups in total. The predicted octanol–water partition coefficient (Wildman–Crippen LogP) is 3.46. The molecule has 3 atom stereocenters. The standard InChI is InChI=1S/C29H37N5O4/c1-3-14-32-19-26(35)34-24(12-13-27(36)37)29(38)31(17-22-10-7-11-23-20(2)15-30-28(22)23)18-25(34)33(32)16-21-8-5-4-6-9-21/h5,7-11,15,20,24-25H,3-4,6,12-14,16-19H2,1-2H3,(H,36,37)/t20?,24-,25+/m0/s1. The van der Waals surface area contributed by atoms with E-state index in [1.807, 2.05) is 23.2 Å². The van der Waals surface area contributed by atoms with Crippen molar-refractivity contribution < 1.29 is 19.5 Å². The molecule has 2 amide bonds. The molecule has 2 saturated heterocycles. The van der Waals surface area contributed by atoms with Crippen LogP contribution in [0.5, 0.6) is 0 Å². The number of para-hydroxylation sites is 1. The Bertz CT molecular complexity index is 1190. The van der Waals surface area contributed by atoms with Gasteiger partial charge in [0.05, 0.1) is 18.8 Å². The summed E-state index contributed by atoms with van der Waals surface area (Å²) in [5, 5.41) is 13.8. The van der Waals surface area contributed by atoms with Gasteiger partial charge in [-0.25, -0.2) is 10.0 Å². The minimum Gasteiger partial charge on any atom is -0.481 e. The largest absolute Gasteiger partial charge is 0.481 e. The summed E-state index contributed by atoms with van der Waals surface area (Å²) in [6.45, 7) is 6.50. The lowest BCUT2D eigenvalue weighted by molar-refractivity contribution is -0.202. The number of carboxylic acid groups (broad SMARTS) is 1. The molecular formula is C29H37N5O4. The second-order valence-corrected chi connectivity index (χ2v) is 10.6. The number of hydrogen-bond acceptors (Lipinski definition) is 6. The highest BCUT2D eigenvalue weighted by molar-refractivity contribution is 5.91. The quantitative estimate of drug-likeness (QED) is 0.537. The van der Waals surface area contributed by atoms with Crippen LogP contribution in [-0.4, -0.2) is 87.3 Å². The van der Waals surface area contributed by atoms with Crippen LogP contribution < -0.4 is 0 Å². The number of nitrogens with zero attached hydrogens (tertiary/aromatic N) is 5. The summed E-state index contributed by atoms with van der Waals surface area (Å²) in [6.07, 6.45) is 11.0. The Morgan fingerprint density at radius 2 is 2.03 bits per heavy atom. The van der Waals surface area contributed by atoms with Gasteiger partial charge in [0, 0.05) is 38.2 Å². The maximum absolute atomic E-state index is 13.9. The number of hydrogen-bond donors (Lipinski definition) is 1. The summed E-state index contributed by atoms with van der Waals surface area (Å²) in [6, 6.07) is 5.27. The van der Waals surface area contributed by atoms with Gasteiger partial charge in [0.2, 0.25) is 11.8 Å². The van der Waals surface area contributed by atoms with Gasteiger partial charge in [-0.3, -0.25) is 19.4 Å². The van der Waals surface area contributed by atoms with Gasteiger partial charge in [0.1, 0.15) is 12.2 Å². The highest BCUT2D eigenvalue weighted by atomic mass is 16.4. The van der Waals surface area contributed by atoms with Crippen LogP contribution in [0.3, 0.4) is 0 Å². The topological polar surface area (TPSA) is 96.8 Å². The summed E-state index contributed by atoms with van der Waals surface area (Å²) in [5.41, 5.74) is 4.23. The molecular weight excluding hydrogens is 482 g/mol. The molecule has 202 valence electrons. The molecule has 9 heteroatoms. The number of carbonyl (C=O) groups is 3. The average Bonchev–Trinajstić information content (AvgIpc) is 3.28. The summed E-state index contributed by atoms with van der Waals surface area (Å²) in [7, 11) is 0. The van der Waals surface area contributed by atoms with Crippen molar-refractivity contribution >= 4 is 29.7 Å². The van der Waals surface area contributed by atoms with Crippen LogP contribution in [0, 0.1) is 0 Å². The van der Waals surface area contributed by atoms with Crippen molar-refractivity contribution in [2.24, 2.45) is 4.99 Å². The molecule has 2 fully saturated rings. The number of rotatable bonds is 9. The highest BCUT2D eigenvalue weighted by Gasteiger charge is 2.49. The summed E-state index contributed by atoms with van der Waals surface area (Å²) < 4.78 is 0. The van der Waals surface area contributed by atoms with Gasteiger partial charge in [-0.15, -0.1) is 0 Å². The average molecular weight is 520 g/mol. The van der Waals surface area contributed by atoms with Crippen molar-refractivity contribution in [2.75, 3.05) is 26.2 Å². The number of piperazine rings is 1. The molecule has 9 nitrogen and oxygen atoms in total. The molecule has 0 aromatic heterocycles. The molecule has 0 saturated carbocycles. The molecule has 5 rings (SSSR count). The Hall–Kier alpha value is -3.30. The lowest BCUT2D eigenvalue weighted by Crippen LogP contribution is -2.74. The fourth-order valence-electron chi connectivity index (χ4n) is 6.05. The van der Waals surface area contributed by atoms with Crippen molar-refractivity contribution in [3.05, 3.63) is 53.1 Å². The van der Waals surface area contributed by atoms with Crippen molar-refractivity contribution in [1.29, 1.82) is 0 Å². The molecule has 1 aromatic rings. The lowest BCUT2D eigenvalue weighted by Gasteiger charge is -2.56. The first kappa shape index (κ1) is 26.3. The maximum Gasteiger partial charge on any atom is 0.303 e. The van der Waals surface area contributed by atoms with E-state index in [1.165, 1.54) is 5.57 Å².